The lowest BCUT2D eigenvalue weighted by molar-refractivity contribution is -0.143. The van der Waals surface area contributed by atoms with Gasteiger partial charge >= 0.3 is 5.97 Å². The van der Waals surface area contributed by atoms with E-state index in [-0.39, 0.29) is 35.5 Å². The molecule has 294 valence electrons. The summed E-state index contributed by atoms with van der Waals surface area (Å²) in [5.41, 5.74) is 8.90. The summed E-state index contributed by atoms with van der Waals surface area (Å²) in [5.74, 6) is 0.0549. The van der Waals surface area contributed by atoms with Gasteiger partial charge in [0.15, 0.2) is 11.6 Å². The zero-order chi connectivity index (χ0) is 39.3. The third-order valence-electron chi connectivity index (χ3n) is 8.31. The van der Waals surface area contributed by atoms with E-state index in [9.17, 15) is 18.8 Å². The van der Waals surface area contributed by atoms with Gasteiger partial charge in [0, 0.05) is 43.6 Å². The third-order valence-corrected chi connectivity index (χ3v) is 8.31. The number of nitrogens with one attached hydrogen (secondary N) is 5. The molecule has 0 radical (unpaired) electrons. The van der Waals surface area contributed by atoms with Crippen molar-refractivity contribution in [2.75, 3.05) is 67.0 Å². The zero-order valence-electron chi connectivity index (χ0n) is 31.4. The second kappa shape index (κ2) is 23.1. The average Bonchev–Trinajstić information content (AvgIpc) is 3.20. The van der Waals surface area contributed by atoms with Crippen LogP contribution in [0.1, 0.15) is 51.9 Å². The Morgan fingerprint density at radius 1 is 0.909 bits per heavy atom. The first-order chi connectivity index (χ1) is 26.7. The molecule has 1 atom stereocenters. The molecule has 0 spiro atoms. The number of methoxy groups -OCH3 is 1. The standard InChI is InChI=1S/C25H29FN6O3.C15H22N2O3/c1-34-12-13-35-21-9-7-18(8-10-21)31-25-28-16-22(26)23(32-25)29-19-5-2-6-20(14-19)30-24(33)17-4-3-11-27-15-17;1-2-15(19)20-11-7-3-4-10-14(18)17-13-9-6-5-8-12(13)16/h2,5-10,14,16-17,27H,3-4,11-13,15H2,1H3,(H,30,33)(H2,28,29,31,32);5-6,8-9H,2-4,7,10-11,16H2,1H3,(H,17,18). The smallest absolute Gasteiger partial charge is 0.305 e. The Bertz CT molecular complexity index is 1810. The number of carbonyl (C=O) groups excluding carboxylic acids is 3. The van der Waals surface area contributed by atoms with Crippen molar-refractivity contribution >= 4 is 58.0 Å². The fraction of sp³-hybridized carbons (Fsp3) is 0.375. The van der Waals surface area contributed by atoms with Gasteiger partial charge in [0.05, 0.1) is 36.7 Å². The van der Waals surface area contributed by atoms with E-state index in [1.165, 1.54) is 0 Å². The van der Waals surface area contributed by atoms with Crippen LogP contribution >= 0.6 is 0 Å². The summed E-state index contributed by atoms with van der Waals surface area (Å²) < 4.78 is 29.9. The fourth-order valence-corrected chi connectivity index (χ4v) is 5.33. The minimum atomic E-state index is -0.597. The average molecular weight is 759 g/mol. The maximum absolute atomic E-state index is 14.4. The molecule has 1 saturated heterocycles. The summed E-state index contributed by atoms with van der Waals surface area (Å²) >= 11 is 0. The number of nitrogens with two attached hydrogens (primary N) is 1. The molecule has 0 bridgehead atoms. The molecule has 14 nitrogen and oxygen atoms in total. The van der Waals surface area contributed by atoms with Crippen molar-refractivity contribution in [3.05, 3.63) is 84.8 Å². The highest BCUT2D eigenvalue weighted by molar-refractivity contribution is 5.94. The summed E-state index contributed by atoms with van der Waals surface area (Å²) in [4.78, 5) is 43.4. The largest absolute Gasteiger partial charge is 0.491 e. The molecule has 1 aliphatic rings. The van der Waals surface area contributed by atoms with Crippen molar-refractivity contribution in [1.82, 2.24) is 15.3 Å². The number of benzene rings is 3. The minimum Gasteiger partial charge on any atom is -0.491 e. The van der Waals surface area contributed by atoms with Crippen LogP contribution in [0.4, 0.5) is 44.6 Å². The number of hydrogen-bond acceptors (Lipinski definition) is 12. The Morgan fingerprint density at radius 3 is 2.45 bits per heavy atom. The number of halogens is 1. The second-order valence-electron chi connectivity index (χ2n) is 12.6. The number of amides is 2. The van der Waals surface area contributed by atoms with Crippen LogP contribution in [-0.4, -0.2) is 67.8 Å². The Balaban J connectivity index is 0.000000287. The van der Waals surface area contributed by atoms with Crippen LogP contribution in [0, 0.1) is 11.7 Å². The highest BCUT2D eigenvalue weighted by atomic mass is 19.1. The number of aromatic nitrogens is 2. The molecule has 55 heavy (non-hydrogen) atoms. The molecule has 1 fully saturated rings. The molecule has 1 aliphatic heterocycles. The van der Waals surface area contributed by atoms with E-state index in [1.807, 2.05) is 36.4 Å². The van der Waals surface area contributed by atoms with Gasteiger partial charge in [-0.2, -0.15) is 4.98 Å². The number of anilines is 7. The predicted molar refractivity (Wildman–Crippen MR) is 212 cm³/mol. The van der Waals surface area contributed by atoms with E-state index in [2.05, 4.69) is 36.6 Å². The lowest BCUT2D eigenvalue weighted by Gasteiger charge is -2.22. The highest BCUT2D eigenvalue weighted by Gasteiger charge is 2.21. The summed E-state index contributed by atoms with van der Waals surface area (Å²) in [6.07, 6.45) is 6.19. The Labute approximate surface area is 321 Å². The van der Waals surface area contributed by atoms with E-state index < -0.39 is 5.82 Å². The molecule has 5 rings (SSSR count). The number of para-hydroxylation sites is 2. The highest BCUT2D eigenvalue weighted by Crippen LogP contribution is 2.24. The van der Waals surface area contributed by atoms with Crippen molar-refractivity contribution in [3.63, 3.8) is 0 Å². The van der Waals surface area contributed by atoms with Gasteiger partial charge in [-0.3, -0.25) is 14.4 Å². The normalized spacial score (nSPS) is 13.4. The molecule has 2 heterocycles. The lowest BCUT2D eigenvalue weighted by atomic mass is 9.99. The molecular formula is C40H51FN8O6. The molecule has 15 heteroatoms. The molecule has 1 unspecified atom stereocenters. The number of ether oxygens (including phenoxy) is 3. The number of unbranched alkanes of at least 4 members (excludes halogenated alkanes) is 2. The van der Waals surface area contributed by atoms with Gasteiger partial charge in [0.25, 0.3) is 0 Å². The summed E-state index contributed by atoms with van der Waals surface area (Å²) in [6.45, 7) is 4.78. The molecule has 3 aromatic carbocycles. The first-order valence-electron chi connectivity index (χ1n) is 18.4. The Hall–Kier alpha value is -5.80. The van der Waals surface area contributed by atoms with Crippen molar-refractivity contribution in [2.45, 2.75) is 51.9 Å². The fourth-order valence-electron chi connectivity index (χ4n) is 5.33. The molecule has 7 N–H and O–H groups in total. The first-order valence-corrected chi connectivity index (χ1v) is 18.4. The number of hydrogen-bond donors (Lipinski definition) is 6. The van der Waals surface area contributed by atoms with Crippen LogP contribution in [-0.2, 0) is 23.9 Å². The van der Waals surface area contributed by atoms with Crippen LogP contribution < -0.4 is 37.1 Å². The van der Waals surface area contributed by atoms with E-state index in [4.69, 9.17) is 19.9 Å². The van der Waals surface area contributed by atoms with Crippen molar-refractivity contribution in [1.29, 1.82) is 0 Å². The number of rotatable bonds is 18. The SMILES string of the molecule is CCC(=O)OCCCCCC(=O)Nc1ccccc1N.COCCOc1ccc(Nc2ncc(F)c(Nc3cccc(NC(=O)C4CCCNC4)c3)n2)cc1. The maximum atomic E-state index is 14.4. The van der Waals surface area contributed by atoms with E-state index >= 15 is 0 Å². The molecule has 4 aromatic rings. The molecule has 2 amide bonds. The van der Waals surface area contributed by atoms with Crippen LogP contribution in [0.5, 0.6) is 5.75 Å². The number of carbonyl (C=O) groups is 3. The molecule has 0 aliphatic carbocycles. The number of esters is 1. The van der Waals surface area contributed by atoms with Crippen LogP contribution in [0.15, 0.2) is 79.0 Å². The first kappa shape index (κ1) is 41.9. The van der Waals surface area contributed by atoms with E-state index in [1.54, 1.807) is 50.4 Å². The Kier molecular flexibility index (Phi) is 17.6. The lowest BCUT2D eigenvalue weighted by Crippen LogP contribution is -2.37. The maximum Gasteiger partial charge on any atom is 0.305 e. The monoisotopic (exact) mass is 758 g/mol. The van der Waals surface area contributed by atoms with Crippen molar-refractivity contribution in [3.8, 4) is 5.75 Å². The Morgan fingerprint density at radius 2 is 1.71 bits per heavy atom. The minimum absolute atomic E-state index is 0.0157. The van der Waals surface area contributed by atoms with Gasteiger partial charge in [-0.05, 0) is 93.2 Å². The van der Waals surface area contributed by atoms with Gasteiger partial charge in [-0.1, -0.05) is 25.1 Å². The van der Waals surface area contributed by atoms with Crippen molar-refractivity contribution in [2.24, 2.45) is 5.92 Å². The summed E-state index contributed by atoms with van der Waals surface area (Å²) in [7, 11) is 1.62. The van der Waals surface area contributed by atoms with Gasteiger partial charge < -0.3 is 46.5 Å². The third kappa shape index (κ3) is 15.2. The molecule has 0 saturated carbocycles. The number of piperidine rings is 1. The number of nitrogen functional groups attached to an aromatic ring is 1. The quantitative estimate of drug-likeness (QED) is 0.0355. The van der Waals surface area contributed by atoms with Gasteiger partial charge in [-0.15, -0.1) is 0 Å². The van der Waals surface area contributed by atoms with Crippen LogP contribution in [0.3, 0.4) is 0 Å². The summed E-state index contributed by atoms with van der Waals surface area (Å²) in [6, 6.07) is 21.5. The molecular weight excluding hydrogens is 707 g/mol. The van der Waals surface area contributed by atoms with Crippen LogP contribution in [0.25, 0.3) is 0 Å². The topological polar surface area (TPSA) is 191 Å². The van der Waals surface area contributed by atoms with Gasteiger partial charge in [0.2, 0.25) is 17.8 Å². The zero-order valence-corrected chi connectivity index (χ0v) is 31.4. The van der Waals surface area contributed by atoms with Crippen LogP contribution in [0.2, 0.25) is 0 Å². The summed E-state index contributed by atoms with van der Waals surface area (Å²) in [5, 5.41) is 15.0. The second-order valence-corrected chi connectivity index (χ2v) is 12.6. The van der Waals surface area contributed by atoms with E-state index in [0.717, 1.165) is 50.5 Å². The van der Waals surface area contributed by atoms with E-state index in [0.29, 0.717) is 67.7 Å². The van der Waals surface area contributed by atoms with Crippen molar-refractivity contribution < 1.29 is 33.0 Å². The number of nitrogens with zero attached hydrogens (tertiary/aromatic N) is 2. The molecule has 1 aromatic heterocycles. The predicted octanol–water partition coefficient (Wildman–Crippen LogP) is 6.79. The van der Waals surface area contributed by atoms with Gasteiger partial charge in [0.1, 0.15) is 12.4 Å². The van der Waals surface area contributed by atoms with Gasteiger partial charge in [-0.25, -0.2) is 9.37 Å².